The van der Waals surface area contributed by atoms with E-state index in [-0.39, 0.29) is 23.8 Å². The Hall–Kier alpha value is -1.93. The largest absolute Gasteiger partial charge is 0.376 e. The van der Waals surface area contributed by atoms with Crippen LogP contribution >= 0.6 is 11.8 Å². The number of thioether (sulfide) groups is 1. The molecule has 8 heteroatoms. The highest BCUT2D eigenvalue weighted by atomic mass is 32.2. The Morgan fingerprint density at radius 3 is 2.59 bits per heavy atom. The topological polar surface area (TPSA) is 81.9 Å². The summed E-state index contributed by atoms with van der Waals surface area (Å²) in [6.07, 6.45) is 2.26. The third-order valence-electron chi connectivity index (χ3n) is 5.18. The lowest BCUT2D eigenvalue weighted by molar-refractivity contribution is -0.119. The number of nitrogens with zero attached hydrogens (tertiary/aromatic N) is 4. The highest BCUT2D eigenvalue weighted by Crippen LogP contribution is 2.25. The fourth-order valence-electron chi connectivity index (χ4n) is 3.46. The number of tetrazole rings is 1. The number of ether oxygens (including phenoxy) is 1. The monoisotopic (exact) mass is 417 g/mol. The molecule has 0 radical (unpaired) electrons. The van der Waals surface area contributed by atoms with Gasteiger partial charge in [-0.15, -0.1) is 5.10 Å². The first-order chi connectivity index (χ1) is 13.9. The molecule has 0 saturated carbocycles. The summed E-state index contributed by atoms with van der Waals surface area (Å²) in [6, 6.07) is 8.52. The Morgan fingerprint density at radius 1 is 1.24 bits per heavy atom. The van der Waals surface area contributed by atoms with Gasteiger partial charge in [0.2, 0.25) is 11.1 Å². The normalized spacial score (nSPS) is 17.8. The summed E-state index contributed by atoms with van der Waals surface area (Å²) in [4.78, 5) is 12.6. The number of benzene rings is 1. The Balaban J connectivity index is 1.56. The molecule has 1 N–H and O–H groups in total. The Bertz CT molecular complexity index is 785. The molecule has 1 aliphatic heterocycles. The molecule has 1 amide bonds. The maximum atomic E-state index is 12.6. The van der Waals surface area contributed by atoms with Gasteiger partial charge in [-0.3, -0.25) is 4.79 Å². The van der Waals surface area contributed by atoms with Crippen LogP contribution in [0.25, 0.3) is 0 Å². The second-order valence-electron chi connectivity index (χ2n) is 8.18. The summed E-state index contributed by atoms with van der Waals surface area (Å²) >= 11 is 1.36. The van der Waals surface area contributed by atoms with E-state index in [1.807, 2.05) is 0 Å². The first-order valence-corrected chi connectivity index (χ1v) is 11.3. The van der Waals surface area contributed by atoms with Crippen LogP contribution in [0.15, 0.2) is 29.4 Å². The first kappa shape index (κ1) is 21.8. The number of amides is 1. The van der Waals surface area contributed by atoms with Gasteiger partial charge in [-0.1, -0.05) is 63.7 Å². The van der Waals surface area contributed by atoms with E-state index in [0.29, 0.717) is 23.5 Å². The molecule has 158 valence electrons. The Kier molecular flexibility index (Phi) is 7.66. The van der Waals surface area contributed by atoms with Gasteiger partial charge in [0.25, 0.3) is 0 Å². The quantitative estimate of drug-likeness (QED) is 0.628. The second-order valence-corrected chi connectivity index (χ2v) is 9.12. The van der Waals surface area contributed by atoms with Crippen LogP contribution in [-0.4, -0.2) is 44.6 Å². The number of nitrogens with one attached hydrogen (secondary N) is 1. The van der Waals surface area contributed by atoms with Gasteiger partial charge in [-0.2, -0.15) is 0 Å². The second kappa shape index (κ2) is 10.2. The molecule has 29 heavy (non-hydrogen) atoms. The summed E-state index contributed by atoms with van der Waals surface area (Å²) in [5.41, 5.74) is 2.43. The van der Waals surface area contributed by atoms with Crippen molar-refractivity contribution in [3.05, 3.63) is 35.4 Å². The van der Waals surface area contributed by atoms with Gasteiger partial charge in [-0.05, 0) is 46.2 Å². The average molecular weight is 418 g/mol. The Labute approximate surface area is 177 Å². The van der Waals surface area contributed by atoms with E-state index in [2.05, 4.69) is 72.8 Å². The standard InChI is InChI=1S/C21H31N5O2S/c1-14(2)16-7-9-17(10-8-16)20(15(3)4)22-19(27)13-29-21-23-24-25-26(21)12-18-6-5-11-28-18/h7-10,14-15,18,20H,5-6,11-13H2,1-4H3,(H,22,27)/t18-,20+/m1/s1. The molecule has 1 saturated heterocycles. The maximum absolute atomic E-state index is 12.6. The molecule has 2 atom stereocenters. The predicted molar refractivity (Wildman–Crippen MR) is 114 cm³/mol. The molecule has 3 rings (SSSR count). The highest BCUT2D eigenvalue weighted by Gasteiger charge is 2.21. The van der Waals surface area contributed by atoms with Crippen LogP contribution in [0.1, 0.15) is 63.6 Å². The fourth-order valence-corrected chi connectivity index (χ4v) is 4.16. The molecule has 0 aliphatic carbocycles. The molecule has 0 unspecified atom stereocenters. The van der Waals surface area contributed by atoms with Crippen molar-refractivity contribution in [2.24, 2.45) is 5.92 Å². The van der Waals surface area contributed by atoms with Crippen LogP contribution in [-0.2, 0) is 16.1 Å². The van der Waals surface area contributed by atoms with Crippen LogP contribution in [0.2, 0.25) is 0 Å². The van der Waals surface area contributed by atoms with Crippen LogP contribution < -0.4 is 5.32 Å². The molecule has 7 nitrogen and oxygen atoms in total. The zero-order chi connectivity index (χ0) is 20.8. The lowest BCUT2D eigenvalue weighted by atomic mass is 9.93. The molecule has 1 aliphatic rings. The number of carbonyl (C=O) groups is 1. The van der Waals surface area contributed by atoms with E-state index in [1.165, 1.54) is 17.3 Å². The van der Waals surface area contributed by atoms with Gasteiger partial charge in [0.1, 0.15) is 0 Å². The van der Waals surface area contributed by atoms with Crippen molar-refractivity contribution in [3.8, 4) is 0 Å². The van der Waals surface area contributed by atoms with Crippen LogP contribution in [0, 0.1) is 5.92 Å². The number of rotatable bonds is 9. The fraction of sp³-hybridized carbons (Fsp3) is 0.619. The first-order valence-electron chi connectivity index (χ1n) is 10.3. The summed E-state index contributed by atoms with van der Waals surface area (Å²) in [7, 11) is 0. The van der Waals surface area contributed by atoms with E-state index in [0.717, 1.165) is 25.0 Å². The minimum atomic E-state index is -0.0211. The van der Waals surface area contributed by atoms with Gasteiger partial charge < -0.3 is 10.1 Å². The lowest BCUT2D eigenvalue weighted by Gasteiger charge is -2.23. The van der Waals surface area contributed by atoms with Crippen molar-refractivity contribution in [2.75, 3.05) is 12.4 Å². The molecule has 1 fully saturated rings. The molecule has 1 aromatic carbocycles. The minimum Gasteiger partial charge on any atom is -0.376 e. The predicted octanol–water partition coefficient (Wildman–Crippen LogP) is 3.58. The SMILES string of the molecule is CC(C)c1ccc([C@@H](NC(=O)CSc2nnnn2C[C@H]2CCCO2)C(C)C)cc1. The van der Waals surface area contributed by atoms with Crippen molar-refractivity contribution < 1.29 is 9.53 Å². The smallest absolute Gasteiger partial charge is 0.230 e. The molecule has 2 aromatic rings. The Morgan fingerprint density at radius 2 is 1.97 bits per heavy atom. The third-order valence-corrected chi connectivity index (χ3v) is 6.13. The summed E-state index contributed by atoms with van der Waals surface area (Å²) < 4.78 is 7.39. The van der Waals surface area contributed by atoms with Gasteiger partial charge >= 0.3 is 0 Å². The molecular formula is C21H31N5O2S. The third kappa shape index (κ3) is 6.02. The number of hydrogen-bond acceptors (Lipinski definition) is 6. The summed E-state index contributed by atoms with van der Waals surface area (Å²) in [5, 5.41) is 15.7. The van der Waals surface area contributed by atoms with Crippen molar-refractivity contribution >= 4 is 17.7 Å². The zero-order valence-electron chi connectivity index (χ0n) is 17.7. The van der Waals surface area contributed by atoms with Crippen molar-refractivity contribution in [3.63, 3.8) is 0 Å². The number of hydrogen-bond donors (Lipinski definition) is 1. The van der Waals surface area contributed by atoms with Gasteiger partial charge in [0.05, 0.1) is 24.4 Å². The van der Waals surface area contributed by atoms with Crippen LogP contribution in [0.3, 0.4) is 0 Å². The number of carbonyl (C=O) groups excluding carboxylic acids is 1. The maximum Gasteiger partial charge on any atom is 0.230 e. The van der Waals surface area contributed by atoms with Crippen molar-refractivity contribution in [1.29, 1.82) is 0 Å². The van der Waals surface area contributed by atoms with E-state index in [9.17, 15) is 4.79 Å². The lowest BCUT2D eigenvalue weighted by Crippen LogP contribution is -2.33. The zero-order valence-corrected chi connectivity index (χ0v) is 18.5. The summed E-state index contributed by atoms with van der Waals surface area (Å²) in [6.45, 7) is 10.0. The number of aromatic nitrogens is 4. The van der Waals surface area contributed by atoms with Crippen molar-refractivity contribution in [1.82, 2.24) is 25.5 Å². The van der Waals surface area contributed by atoms with E-state index in [1.54, 1.807) is 4.68 Å². The average Bonchev–Trinajstić information content (AvgIpc) is 3.37. The minimum absolute atomic E-state index is 0.0201. The molecular weight excluding hydrogens is 386 g/mol. The molecule has 0 spiro atoms. The van der Waals surface area contributed by atoms with E-state index in [4.69, 9.17) is 4.74 Å². The van der Waals surface area contributed by atoms with E-state index < -0.39 is 0 Å². The summed E-state index contributed by atoms with van der Waals surface area (Å²) in [5.74, 6) is 1.04. The molecule has 0 bridgehead atoms. The van der Waals surface area contributed by atoms with Gasteiger partial charge in [-0.25, -0.2) is 4.68 Å². The van der Waals surface area contributed by atoms with Gasteiger partial charge in [0, 0.05) is 6.61 Å². The molecule has 2 heterocycles. The highest BCUT2D eigenvalue weighted by molar-refractivity contribution is 7.99. The van der Waals surface area contributed by atoms with Crippen LogP contribution in [0.4, 0.5) is 0 Å². The molecule has 1 aromatic heterocycles. The van der Waals surface area contributed by atoms with Gasteiger partial charge in [0.15, 0.2) is 0 Å². The van der Waals surface area contributed by atoms with E-state index >= 15 is 0 Å². The van der Waals surface area contributed by atoms with Crippen molar-refractivity contribution in [2.45, 2.75) is 70.3 Å². The van der Waals surface area contributed by atoms with Crippen LogP contribution in [0.5, 0.6) is 0 Å².